The van der Waals surface area contributed by atoms with Gasteiger partial charge in [0.05, 0.1) is 0 Å². The monoisotopic (exact) mass is 123 g/mol. The van der Waals surface area contributed by atoms with E-state index in [1.165, 1.54) is 12.0 Å². The van der Waals surface area contributed by atoms with Gasteiger partial charge in [0.25, 0.3) is 0 Å². The smallest absolute Gasteiger partial charge is 0.0172 e. The van der Waals surface area contributed by atoms with Crippen LogP contribution >= 0.6 is 0 Å². The van der Waals surface area contributed by atoms with Crippen molar-refractivity contribution in [3.63, 3.8) is 0 Å². The first-order valence-corrected chi connectivity index (χ1v) is 3.35. The van der Waals surface area contributed by atoms with E-state index in [1.54, 1.807) is 0 Å². The fourth-order valence-electron chi connectivity index (χ4n) is 0.946. The second-order valence-corrected chi connectivity index (χ2v) is 2.56. The van der Waals surface area contributed by atoms with E-state index >= 15 is 0 Å². The molecule has 0 radical (unpaired) electrons. The largest absolute Gasteiger partial charge is 0.380 e. The summed E-state index contributed by atoms with van der Waals surface area (Å²) in [4.78, 5) is 2.19. The van der Waals surface area contributed by atoms with Crippen molar-refractivity contribution in [1.82, 2.24) is 4.90 Å². The molecule has 1 aliphatic heterocycles. The highest BCUT2D eigenvalue weighted by Gasteiger charge is 1.97. The van der Waals surface area contributed by atoms with Crippen molar-refractivity contribution in [1.29, 1.82) is 0 Å². The highest BCUT2D eigenvalue weighted by Crippen LogP contribution is 2.09. The zero-order valence-electron chi connectivity index (χ0n) is 5.93. The Morgan fingerprint density at radius 3 is 3.22 bits per heavy atom. The van der Waals surface area contributed by atoms with Gasteiger partial charge in [-0.2, -0.15) is 0 Å². The van der Waals surface area contributed by atoms with E-state index in [4.69, 9.17) is 0 Å². The minimum Gasteiger partial charge on any atom is -0.380 e. The van der Waals surface area contributed by atoms with E-state index in [9.17, 15) is 0 Å². The summed E-state index contributed by atoms with van der Waals surface area (Å²) in [5.74, 6) is 0. The first kappa shape index (κ1) is 6.40. The van der Waals surface area contributed by atoms with Crippen LogP contribution < -0.4 is 0 Å². The zero-order chi connectivity index (χ0) is 6.69. The second kappa shape index (κ2) is 2.72. The Labute approximate surface area is 56.7 Å². The predicted molar refractivity (Wildman–Crippen MR) is 40.1 cm³/mol. The maximum absolute atomic E-state index is 3.90. The molecular formula is C8H13N. The van der Waals surface area contributed by atoms with Crippen LogP contribution in [-0.4, -0.2) is 18.5 Å². The normalized spacial score (nSPS) is 20.1. The van der Waals surface area contributed by atoms with Crippen molar-refractivity contribution in [2.75, 3.05) is 13.6 Å². The van der Waals surface area contributed by atoms with Gasteiger partial charge in [-0.1, -0.05) is 12.2 Å². The Kier molecular flexibility index (Phi) is 1.93. The molecule has 0 N–H and O–H groups in total. The minimum atomic E-state index is 1.15. The number of hydrogen-bond donors (Lipinski definition) is 0. The van der Waals surface area contributed by atoms with Crippen molar-refractivity contribution in [3.05, 3.63) is 24.4 Å². The Bertz CT molecular complexity index is 136. The predicted octanol–water partition coefficient (Wildman–Crippen LogP) is 1.78. The van der Waals surface area contributed by atoms with E-state index < -0.39 is 0 Å². The van der Waals surface area contributed by atoms with Crippen LogP contribution in [0.25, 0.3) is 0 Å². The summed E-state index contributed by atoms with van der Waals surface area (Å²) in [6.07, 6.45) is 6.57. The van der Waals surface area contributed by atoms with Gasteiger partial charge in [-0.05, 0) is 25.1 Å². The molecule has 1 aliphatic rings. The molecule has 1 rings (SSSR count). The summed E-state index contributed by atoms with van der Waals surface area (Å²) in [7, 11) is 2.09. The lowest BCUT2D eigenvalue weighted by Gasteiger charge is -2.08. The third-order valence-corrected chi connectivity index (χ3v) is 1.57. The van der Waals surface area contributed by atoms with Crippen LogP contribution in [0.3, 0.4) is 0 Å². The number of hydrogen-bond acceptors (Lipinski definition) is 1. The van der Waals surface area contributed by atoms with Gasteiger partial charge in [-0.15, -0.1) is 0 Å². The fraction of sp³-hybridized carbons (Fsp3) is 0.500. The van der Waals surface area contributed by atoms with E-state index in [0.717, 1.165) is 13.0 Å². The molecule has 0 aromatic heterocycles. The van der Waals surface area contributed by atoms with Gasteiger partial charge in [-0.3, -0.25) is 0 Å². The highest BCUT2D eigenvalue weighted by atomic mass is 15.1. The second-order valence-electron chi connectivity index (χ2n) is 2.56. The summed E-state index contributed by atoms with van der Waals surface area (Å²) in [5.41, 5.74) is 1.25. The average molecular weight is 123 g/mol. The summed E-state index contributed by atoms with van der Waals surface area (Å²) >= 11 is 0. The molecule has 0 bridgehead atoms. The average Bonchev–Trinajstić information content (AvgIpc) is 1.97. The fourth-order valence-corrected chi connectivity index (χ4v) is 0.946. The lowest BCUT2D eigenvalue weighted by molar-refractivity contribution is 0.452. The summed E-state index contributed by atoms with van der Waals surface area (Å²) in [6, 6.07) is 0. The van der Waals surface area contributed by atoms with Gasteiger partial charge in [0.2, 0.25) is 0 Å². The van der Waals surface area contributed by atoms with E-state index in [2.05, 4.69) is 30.8 Å². The van der Waals surface area contributed by atoms with Crippen molar-refractivity contribution in [2.45, 2.75) is 12.8 Å². The summed E-state index contributed by atoms with van der Waals surface area (Å²) < 4.78 is 0. The third-order valence-electron chi connectivity index (χ3n) is 1.57. The van der Waals surface area contributed by atoms with E-state index in [0.29, 0.717) is 0 Å². The molecule has 50 valence electrons. The first-order valence-electron chi connectivity index (χ1n) is 3.35. The molecule has 1 heteroatoms. The van der Waals surface area contributed by atoms with Crippen LogP contribution in [0.5, 0.6) is 0 Å². The molecule has 0 amide bonds. The van der Waals surface area contributed by atoms with Crippen molar-refractivity contribution in [3.8, 4) is 0 Å². The van der Waals surface area contributed by atoms with Gasteiger partial charge >= 0.3 is 0 Å². The van der Waals surface area contributed by atoms with Crippen molar-refractivity contribution < 1.29 is 0 Å². The van der Waals surface area contributed by atoms with E-state index in [-0.39, 0.29) is 0 Å². The Morgan fingerprint density at radius 2 is 2.44 bits per heavy atom. The SMILES string of the molecule is C=C1C=CN(C)CCC1. The number of nitrogens with zero attached hydrogens (tertiary/aromatic N) is 1. The number of allylic oxidation sites excluding steroid dienone is 2. The molecule has 1 heterocycles. The third kappa shape index (κ3) is 1.92. The summed E-state index contributed by atoms with van der Waals surface area (Å²) in [5, 5.41) is 0. The van der Waals surface area contributed by atoms with Gasteiger partial charge in [-0.25, -0.2) is 0 Å². The molecule has 1 nitrogen and oxygen atoms in total. The van der Waals surface area contributed by atoms with Crippen LogP contribution in [0.4, 0.5) is 0 Å². The van der Waals surface area contributed by atoms with Gasteiger partial charge in [0.1, 0.15) is 0 Å². The molecule has 0 atom stereocenters. The molecule has 0 aliphatic carbocycles. The molecule has 0 aromatic carbocycles. The molecule has 0 spiro atoms. The van der Waals surface area contributed by atoms with Gasteiger partial charge < -0.3 is 4.90 Å². The molecule has 0 fully saturated rings. The highest BCUT2D eigenvalue weighted by molar-refractivity contribution is 5.14. The molecule has 0 unspecified atom stereocenters. The van der Waals surface area contributed by atoms with Crippen LogP contribution in [0.2, 0.25) is 0 Å². The minimum absolute atomic E-state index is 1.15. The number of rotatable bonds is 0. The van der Waals surface area contributed by atoms with Crippen LogP contribution in [0.15, 0.2) is 24.4 Å². The van der Waals surface area contributed by atoms with Crippen LogP contribution in [0.1, 0.15) is 12.8 Å². The van der Waals surface area contributed by atoms with Gasteiger partial charge in [0, 0.05) is 13.6 Å². The molecule has 0 saturated carbocycles. The first-order chi connectivity index (χ1) is 4.29. The Balaban J connectivity index is 2.52. The maximum atomic E-state index is 3.90. The molecule has 9 heavy (non-hydrogen) atoms. The van der Waals surface area contributed by atoms with Crippen molar-refractivity contribution in [2.24, 2.45) is 0 Å². The lowest BCUT2D eigenvalue weighted by atomic mass is 10.2. The standard InChI is InChI=1S/C8H13N/c1-8-4-3-6-9(2)7-5-8/h5,7H,1,3-4,6H2,2H3. The lowest BCUT2D eigenvalue weighted by Crippen LogP contribution is -2.09. The van der Waals surface area contributed by atoms with Crippen LogP contribution in [0, 0.1) is 0 Å². The zero-order valence-corrected chi connectivity index (χ0v) is 5.93. The molecule has 0 aromatic rings. The van der Waals surface area contributed by atoms with Crippen molar-refractivity contribution >= 4 is 0 Å². The quantitative estimate of drug-likeness (QED) is 0.474. The Hall–Kier alpha value is -0.720. The molecule has 0 saturated heterocycles. The maximum Gasteiger partial charge on any atom is 0.0172 e. The van der Waals surface area contributed by atoms with E-state index in [1.807, 2.05) is 0 Å². The topological polar surface area (TPSA) is 3.24 Å². The molecular weight excluding hydrogens is 110 g/mol. The van der Waals surface area contributed by atoms with Gasteiger partial charge in [0.15, 0.2) is 0 Å². The Morgan fingerprint density at radius 1 is 1.67 bits per heavy atom. The van der Waals surface area contributed by atoms with Crippen LogP contribution in [-0.2, 0) is 0 Å². The summed E-state index contributed by atoms with van der Waals surface area (Å²) in [6.45, 7) is 5.06.